The Morgan fingerprint density at radius 3 is 2.54 bits per heavy atom. The number of carbonyl (C=O) groups is 1. The lowest BCUT2D eigenvalue weighted by atomic mass is 9.85. The monoisotopic (exact) mass is 496 g/mol. The van der Waals surface area contributed by atoms with Gasteiger partial charge < -0.3 is 19.5 Å². The van der Waals surface area contributed by atoms with Crippen LogP contribution in [0.25, 0.3) is 0 Å². The lowest BCUT2D eigenvalue weighted by molar-refractivity contribution is -0.116. The summed E-state index contributed by atoms with van der Waals surface area (Å²) >= 11 is 1.34. The number of allylic oxidation sites excluding steroid dienone is 2. The Balaban J connectivity index is 1.58. The number of Topliss-reactive ketones (excluding diaryl/α,β-unsaturated/α-hetero) is 1. The van der Waals surface area contributed by atoms with Crippen molar-refractivity contribution < 1.29 is 23.4 Å². The van der Waals surface area contributed by atoms with Gasteiger partial charge in [0.2, 0.25) is 16.9 Å². The number of benzene rings is 2. The number of thioether (sulfide) groups is 1. The summed E-state index contributed by atoms with van der Waals surface area (Å²) in [5.41, 5.74) is 2.85. The van der Waals surface area contributed by atoms with Crippen LogP contribution in [-0.4, -0.2) is 41.9 Å². The van der Waals surface area contributed by atoms with E-state index in [4.69, 9.17) is 19.3 Å². The van der Waals surface area contributed by atoms with Gasteiger partial charge in [0.05, 0.1) is 21.3 Å². The van der Waals surface area contributed by atoms with Crippen molar-refractivity contribution in [2.45, 2.75) is 36.2 Å². The van der Waals surface area contributed by atoms with E-state index in [1.807, 2.05) is 12.1 Å². The van der Waals surface area contributed by atoms with Gasteiger partial charge in [-0.2, -0.15) is 4.98 Å². The molecule has 1 atom stereocenters. The van der Waals surface area contributed by atoms with Gasteiger partial charge in [0.15, 0.2) is 17.3 Å². The maximum absolute atomic E-state index is 14.1. The van der Waals surface area contributed by atoms with Crippen LogP contribution in [0.3, 0.4) is 0 Å². The van der Waals surface area contributed by atoms with E-state index < -0.39 is 6.04 Å². The molecule has 0 radical (unpaired) electrons. The second kappa shape index (κ2) is 9.61. The second-order valence-electron chi connectivity index (χ2n) is 8.20. The summed E-state index contributed by atoms with van der Waals surface area (Å²) in [6, 6.07) is 9.80. The largest absolute Gasteiger partial charge is 0.493 e. The van der Waals surface area contributed by atoms with E-state index in [1.54, 1.807) is 44.2 Å². The number of ether oxygens (including phenoxy) is 3. The molecule has 0 bridgehead atoms. The molecule has 0 amide bonds. The zero-order valence-electron chi connectivity index (χ0n) is 19.6. The third-order valence-corrected chi connectivity index (χ3v) is 7.05. The first-order chi connectivity index (χ1) is 17.0. The summed E-state index contributed by atoms with van der Waals surface area (Å²) in [5.74, 6) is 2.17. The van der Waals surface area contributed by atoms with Gasteiger partial charge in [0.25, 0.3) is 0 Å². The first kappa shape index (κ1) is 23.2. The smallest absolute Gasteiger partial charge is 0.227 e. The van der Waals surface area contributed by atoms with E-state index in [9.17, 15) is 9.18 Å². The highest BCUT2D eigenvalue weighted by molar-refractivity contribution is 7.98. The summed E-state index contributed by atoms with van der Waals surface area (Å²) in [5, 5.41) is 8.52. The molecule has 10 heteroatoms. The molecule has 1 aromatic heterocycles. The Kier molecular flexibility index (Phi) is 6.38. The van der Waals surface area contributed by atoms with Crippen LogP contribution in [0.5, 0.6) is 17.2 Å². The predicted octanol–water partition coefficient (Wildman–Crippen LogP) is 4.76. The van der Waals surface area contributed by atoms with E-state index in [2.05, 4.69) is 10.3 Å². The molecule has 0 saturated heterocycles. The van der Waals surface area contributed by atoms with Gasteiger partial charge in [-0.25, -0.2) is 9.07 Å². The number of hydrogen-bond acceptors (Lipinski definition) is 8. The molecular formula is C25H25FN4O4S. The van der Waals surface area contributed by atoms with Crippen molar-refractivity contribution in [1.29, 1.82) is 0 Å². The Morgan fingerprint density at radius 2 is 1.86 bits per heavy atom. The highest BCUT2D eigenvalue weighted by Gasteiger charge is 2.37. The number of fused-ring (bicyclic) bond motifs is 1. The molecule has 0 spiro atoms. The van der Waals surface area contributed by atoms with Crippen LogP contribution in [0, 0.1) is 5.82 Å². The minimum absolute atomic E-state index is 0.0687. The number of ketones is 1. The zero-order chi connectivity index (χ0) is 24.5. The summed E-state index contributed by atoms with van der Waals surface area (Å²) < 4.78 is 32.4. The summed E-state index contributed by atoms with van der Waals surface area (Å²) in [7, 11) is 4.65. The van der Waals surface area contributed by atoms with Crippen molar-refractivity contribution >= 4 is 23.5 Å². The first-order valence-electron chi connectivity index (χ1n) is 11.2. The van der Waals surface area contributed by atoms with E-state index in [0.29, 0.717) is 51.7 Å². The molecule has 1 aliphatic heterocycles. The molecule has 0 fully saturated rings. The van der Waals surface area contributed by atoms with E-state index >= 15 is 0 Å². The summed E-state index contributed by atoms with van der Waals surface area (Å²) in [6.45, 7) is 0. The Labute approximate surface area is 206 Å². The number of halogens is 1. The molecule has 2 aromatic carbocycles. The predicted molar refractivity (Wildman–Crippen MR) is 130 cm³/mol. The zero-order valence-corrected chi connectivity index (χ0v) is 20.4. The fourth-order valence-electron chi connectivity index (χ4n) is 4.52. The molecule has 1 N–H and O–H groups in total. The van der Waals surface area contributed by atoms with Gasteiger partial charge in [0.1, 0.15) is 11.9 Å². The van der Waals surface area contributed by atoms with Crippen LogP contribution in [0.15, 0.2) is 52.8 Å². The molecule has 2 heterocycles. The van der Waals surface area contributed by atoms with E-state index in [-0.39, 0.29) is 11.6 Å². The fraction of sp³-hybridized carbons (Fsp3) is 0.320. The van der Waals surface area contributed by atoms with Crippen LogP contribution in [0.1, 0.15) is 36.4 Å². The third kappa shape index (κ3) is 4.22. The molecule has 8 nitrogen and oxygen atoms in total. The lowest BCUT2D eigenvalue weighted by Gasteiger charge is -2.32. The van der Waals surface area contributed by atoms with Crippen LogP contribution < -0.4 is 19.5 Å². The van der Waals surface area contributed by atoms with Crippen molar-refractivity contribution in [1.82, 2.24) is 14.8 Å². The summed E-state index contributed by atoms with van der Waals surface area (Å²) in [6.07, 6.45) is 1.99. The number of aromatic nitrogens is 3. The van der Waals surface area contributed by atoms with Gasteiger partial charge in [-0.3, -0.25) is 4.79 Å². The van der Waals surface area contributed by atoms with Gasteiger partial charge in [-0.15, -0.1) is 5.10 Å². The normalized spacial score (nSPS) is 16.9. The maximum atomic E-state index is 14.1. The second-order valence-corrected chi connectivity index (χ2v) is 9.14. The number of rotatable bonds is 7. The Bertz CT molecular complexity index is 1300. The average molecular weight is 497 g/mol. The quantitative estimate of drug-likeness (QED) is 0.469. The van der Waals surface area contributed by atoms with Gasteiger partial charge in [-0.05, 0) is 42.2 Å². The highest BCUT2D eigenvalue weighted by atomic mass is 32.2. The van der Waals surface area contributed by atoms with Crippen molar-refractivity contribution in [3.05, 3.63) is 64.6 Å². The SMILES string of the molecule is COc1cc([C@@H]2C3=C(CCCC3=O)Nc3nc(SCc4ccccc4F)nn32)cc(OC)c1OC. The molecule has 3 aromatic rings. The topological polar surface area (TPSA) is 87.5 Å². The van der Waals surface area contributed by atoms with Crippen molar-refractivity contribution in [2.24, 2.45) is 0 Å². The van der Waals surface area contributed by atoms with Gasteiger partial charge in [0, 0.05) is 23.4 Å². The van der Waals surface area contributed by atoms with Gasteiger partial charge in [-0.1, -0.05) is 30.0 Å². The van der Waals surface area contributed by atoms with E-state index in [1.165, 1.54) is 17.8 Å². The Hall–Kier alpha value is -3.53. The van der Waals surface area contributed by atoms with Crippen molar-refractivity contribution in [2.75, 3.05) is 26.6 Å². The molecular weight excluding hydrogens is 471 g/mol. The number of anilines is 1. The van der Waals surface area contributed by atoms with Crippen LogP contribution in [0.2, 0.25) is 0 Å². The number of carbonyl (C=O) groups excluding carboxylic acids is 1. The summed E-state index contributed by atoms with van der Waals surface area (Å²) in [4.78, 5) is 17.8. The number of nitrogens with one attached hydrogen (secondary N) is 1. The number of hydrogen-bond donors (Lipinski definition) is 1. The van der Waals surface area contributed by atoms with Crippen molar-refractivity contribution in [3.8, 4) is 17.2 Å². The molecule has 35 heavy (non-hydrogen) atoms. The van der Waals surface area contributed by atoms with E-state index in [0.717, 1.165) is 24.1 Å². The molecule has 0 unspecified atom stereocenters. The minimum atomic E-state index is -0.516. The third-order valence-electron chi connectivity index (χ3n) is 6.17. The maximum Gasteiger partial charge on any atom is 0.227 e. The highest BCUT2D eigenvalue weighted by Crippen LogP contribution is 2.45. The van der Waals surface area contributed by atoms with Gasteiger partial charge >= 0.3 is 0 Å². The molecule has 2 aliphatic rings. The number of nitrogens with zero attached hydrogens (tertiary/aromatic N) is 3. The standard InChI is InChI=1S/C25H25FN4O4S/c1-32-19-11-15(12-20(33-2)23(19)34-3)22-21-17(9-6-10-18(21)31)27-24-28-25(29-30(22)24)35-13-14-7-4-5-8-16(14)26/h4-5,7-8,11-12,22H,6,9-10,13H2,1-3H3,(H,27,28,29)/t22-/m1/s1. The molecule has 0 saturated carbocycles. The van der Waals surface area contributed by atoms with Crippen LogP contribution >= 0.6 is 11.8 Å². The molecule has 1 aliphatic carbocycles. The average Bonchev–Trinajstić information content (AvgIpc) is 3.28. The fourth-order valence-corrected chi connectivity index (χ4v) is 5.34. The molecule has 182 valence electrons. The van der Waals surface area contributed by atoms with Crippen molar-refractivity contribution in [3.63, 3.8) is 0 Å². The lowest BCUT2D eigenvalue weighted by Crippen LogP contribution is -2.31. The van der Waals surface area contributed by atoms with Crippen LogP contribution in [0.4, 0.5) is 10.3 Å². The minimum Gasteiger partial charge on any atom is -0.493 e. The van der Waals surface area contributed by atoms with Crippen LogP contribution in [-0.2, 0) is 10.5 Å². The Morgan fingerprint density at radius 1 is 1.11 bits per heavy atom. The number of methoxy groups -OCH3 is 3. The molecule has 5 rings (SSSR count). The first-order valence-corrected chi connectivity index (χ1v) is 12.2.